The van der Waals surface area contributed by atoms with Crippen LogP contribution in [0.15, 0.2) is 72.1 Å². The van der Waals surface area contributed by atoms with Crippen molar-refractivity contribution < 1.29 is 0 Å². The molecule has 0 radical (unpaired) electrons. The second kappa shape index (κ2) is 8.84. The number of likely N-dealkylation sites (tertiary alicyclic amines) is 1. The minimum absolute atomic E-state index is 0.0305. The van der Waals surface area contributed by atoms with Crippen LogP contribution in [0.5, 0.6) is 0 Å². The van der Waals surface area contributed by atoms with Crippen molar-refractivity contribution in [3.63, 3.8) is 0 Å². The molecule has 4 rings (SSSR count). The molecule has 1 aromatic carbocycles. The molecule has 0 unspecified atom stereocenters. The number of rotatable bonds is 6. The topological polar surface area (TPSA) is 41.4 Å². The molecule has 5 heteroatoms. The molecule has 2 aromatic rings. The molecular formula is C25H30N4O. The van der Waals surface area contributed by atoms with Gasteiger partial charge in [0.05, 0.1) is 5.69 Å². The number of hydrogen-bond donors (Lipinski definition) is 0. The summed E-state index contributed by atoms with van der Waals surface area (Å²) < 4.78 is 1.69. The highest BCUT2D eigenvalue weighted by Gasteiger charge is 2.42. The highest BCUT2D eigenvalue weighted by molar-refractivity contribution is 5.73. The van der Waals surface area contributed by atoms with E-state index in [2.05, 4.69) is 46.7 Å². The van der Waals surface area contributed by atoms with Crippen molar-refractivity contribution in [2.45, 2.75) is 25.9 Å². The average Bonchev–Trinajstić information content (AvgIpc) is 3.31. The number of benzene rings is 1. The van der Waals surface area contributed by atoms with Gasteiger partial charge in [0.2, 0.25) is 5.95 Å². The number of allylic oxidation sites excluding steroid dienone is 5. The fourth-order valence-corrected chi connectivity index (χ4v) is 4.73. The Morgan fingerprint density at radius 2 is 2.07 bits per heavy atom. The summed E-state index contributed by atoms with van der Waals surface area (Å²) in [6.07, 6.45) is 8.70. The molecule has 5 nitrogen and oxygen atoms in total. The highest BCUT2D eigenvalue weighted by Crippen LogP contribution is 2.34. The second-order valence-electron chi connectivity index (χ2n) is 8.19. The summed E-state index contributed by atoms with van der Waals surface area (Å²) in [4.78, 5) is 22.5. The summed E-state index contributed by atoms with van der Waals surface area (Å²) in [5, 5.41) is 0. The summed E-state index contributed by atoms with van der Waals surface area (Å²) >= 11 is 0. The first kappa shape index (κ1) is 20.4. The maximum absolute atomic E-state index is 12.7. The van der Waals surface area contributed by atoms with Crippen molar-refractivity contribution in [1.82, 2.24) is 14.5 Å². The van der Waals surface area contributed by atoms with Crippen LogP contribution in [0, 0.1) is 5.92 Å². The van der Waals surface area contributed by atoms with Crippen LogP contribution in [0.4, 0.5) is 5.95 Å². The van der Waals surface area contributed by atoms with E-state index in [0.717, 1.165) is 44.1 Å². The molecule has 0 amide bonds. The number of hydrogen-bond acceptors (Lipinski definition) is 4. The first-order valence-corrected chi connectivity index (χ1v) is 10.7. The van der Waals surface area contributed by atoms with E-state index in [9.17, 15) is 4.79 Å². The molecule has 156 valence electrons. The zero-order valence-corrected chi connectivity index (χ0v) is 17.9. The maximum Gasteiger partial charge on any atom is 0.255 e. The monoisotopic (exact) mass is 402 g/mol. The summed E-state index contributed by atoms with van der Waals surface area (Å²) in [5.41, 5.74) is 2.92. The van der Waals surface area contributed by atoms with Crippen molar-refractivity contribution in [2.24, 2.45) is 13.0 Å². The van der Waals surface area contributed by atoms with Gasteiger partial charge in [0.25, 0.3) is 5.56 Å². The molecule has 2 fully saturated rings. The van der Waals surface area contributed by atoms with E-state index in [1.165, 1.54) is 5.56 Å². The maximum atomic E-state index is 12.7. The van der Waals surface area contributed by atoms with Gasteiger partial charge in [0, 0.05) is 50.9 Å². The van der Waals surface area contributed by atoms with Gasteiger partial charge in [-0.3, -0.25) is 14.3 Å². The predicted molar refractivity (Wildman–Crippen MR) is 123 cm³/mol. The second-order valence-corrected chi connectivity index (χ2v) is 8.19. The van der Waals surface area contributed by atoms with E-state index < -0.39 is 0 Å². The van der Waals surface area contributed by atoms with Crippen LogP contribution in [-0.4, -0.2) is 40.1 Å². The summed E-state index contributed by atoms with van der Waals surface area (Å²) in [6.45, 7) is 9.78. The largest absolute Gasteiger partial charge is 0.338 e. The van der Waals surface area contributed by atoms with Gasteiger partial charge < -0.3 is 4.90 Å². The van der Waals surface area contributed by atoms with Crippen LogP contribution < -0.4 is 10.5 Å². The van der Waals surface area contributed by atoms with Crippen LogP contribution in [0.1, 0.15) is 24.6 Å². The van der Waals surface area contributed by atoms with E-state index in [-0.39, 0.29) is 5.56 Å². The van der Waals surface area contributed by atoms with Gasteiger partial charge >= 0.3 is 0 Å². The minimum Gasteiger partial charge on any atom is -0.338 e. The van der Waals surface area contributed by atoms with E-state index in [1.807, 2.05) is 32.2 Å². The van der Waals surface area contributed by atoms with Gasteiger partial charge in [-0.1, -0.05) is 61.2 Å². The van der Waals surface area contributed by atoms with Crippen molar-refractivity contribution in [1.29, 1.82) is 0 Å². The Balaban J connectivity index is 1.60. The standard InChI is InChI=1S/C25H30N4O/c1-4-9-20(10-5-2)22-15-24(30)27(3)25(26-22)29-14-13-21-17-28(18-23(21)29)16-19-11-7-6-8-12-19/h4-12,15,21,23H,1,13-14,16-18H2,2-3H3/b10-5-,20-9+/t21-,23+/m1/s1. The summed E-state index contributed by atoms with van der Waals surface area (Å²) in [6, 6.07) is 12.7. The smallest absolute Gasteiger partial charge is 0.255 e. The Morgan fingerprint density at radius 1 is 1.27 bits per heavy atom. The molecule has 0 N–H and O–H groups in total. The zero-order chi connectivity index (χ0) is 21.1. The van der Waals surface area contributed by atoms with Gasteiger partial charge in [-0.25, -0.2) is 4.98 Å². The molecule has 3 heterocycles. The van der Waals surface area contributed by atoms with Gasteiger partial charge in [-0.15, -0.1) is 0 Å². The first-order valence-electron chi connectivity index (χ1n) is 10.7. The fourth-order valence-electron chi connectivity index (χ4n) is 4.73. The van der Waals surface area contributed by atoms with Crippen LogP contribution in [0.2, 0.25) is 0 Å². The van der Waals surface area contributed by atoms with Gasteiger partial charge in [0.15, 0.2) is 0 Å². The number of aromatic nitrogens is 2. The van der Waals surface area contributed by atoms with Crippen molar-refractivity contribution >= 4 is 11.5 Å². The molecule has 0 bridgehead atoms. The summed E-state index contributed by atoms with van der Waals surface area (Å²) in [5.74, 6) is 1.39. The Kier molecular flexibility index (Phi) is 6.00. The number of fused-ring (bicyclic) bond motifs is 1. The Morgan fingerprint density at radius 3 is 2.80 bits per heavy atom. The van der Waals surface area contributed by atoms with E-state index in [0.29, 0.717) is 17.7 Å². The third-order valence-electron chi connectivity index (χ3n) is 6.18. The highest BCUT2D eigenvalue weighted by atomic mass is 16.1. The summed E-state index contributed by atoms with van der Waals surface area (Å²) in [7, 11) is 1.82. The first-order chi connectivity index (χ1) is 14.6. The molecule has 0 aliphatic carbocycles. The Hall–Kier alpha value is -2.92. The SMILES string of the molecule is C=C/C=C(\C=C/C)c1cc(=O)n(C)c(N2CC[C@@H]3CN(Cc4ccccc4)C[C@@H]32)n1. The zero-order valence-electron chi connectivity index (χ0n) is 17.9. The lowest BCUT2D eigenvalue weighted by atomic mass is 10.1. The number of anilines is 1. The predicted octanol–water partition coefficient (Wildman–Crippen LogP) is 3.64. The third kappa shape index (κ3) is 4.03. The van der Waals surface area contributed by atoms with Crippen LogP contribution in [0.25, 0.3) is 5.57 Å². The van der Waals surface area contributed by atoms with Crippen molar-refractivity contribution in [3.8, 4) is 0 Å². The molecule has 2 saturated heterocycles. The van der Waals surface area contributed by atoms with Crippen LogP contribution in [0.3, 0.4) is 0 Å². The molecule has 30 heavy (non-hydrogen) atoms. The van der Waals surface area contributed by atoms with E-state index in [1.54, 1.807) is 16.7 Å². The third-order valence-corrected chi connectivity index (χ3v) is 6.18. The minimum atomic E-state index is -0.0305. The van der Waals surface area contributed by atoms with Gasteiger partial charge in [-0.2, -0.15) is 0 Å². The van der Waals surface area contributed by atoms with Crippen LogP contribution in [-0.2, 0) is 13.6 Å². The normalized spacial score (nSPS) is 22.1. The fraction of sp³-hybridized carbons (Fsp3) is 0.360. The van der Waals surface area contributed by atoms with Gasteiger partial charge in [0.1, 0.15) is 0 Å². The lowest BCUT2D eigenvalue weighted by molar-refractivity contribution is 0.309. The Bertz CT molecular complexity index is 1020. The van der Waals surface area contributed by atoms with Crippen molar-refractivity contribution in [3.05, 3.63) is 88.9 Å². The van der Waals surface area contributed by atoms with E-state index in [4.69, 9.17) is 4.98 Å². The molecule has 2 atom stereocenters. The molecule has 0 spiro atoms. The van der Waals surface area contributed by atoms with Gasteiger partial charge in [-0.05, 0) is 24.8 Å². The molecular weight excluding hydrogens is 372 g/mol. The lowest BCUT2D eigenvalue weighted by Gasteiger charge is -2.27. The molecule has 0 saturated carbocycles. The molecule has 2 aliphatic heterocycles. The lowest BCUT2D eigenvalue weighted by Crippen LogP contribution is -2.39. The molecule has 1 aromatic heterocycles. The van der Waals surface area contributed by atoms with Crippen LogP contribution >= 0.6 is 0 Å². The van der Waals surface area contributed by atoms with Crippen molar-refractivity contribution in [2.75, 3.05) is 24.5 Å². The Labute approximate surface area is 178 Å². The number of nitrogens with zero attached hydrogens (tertiary/aromatic N) is 4. The quantitative estimate of drug-likeness (QED) is 0.692. The molecule has 2 aliphatic rings. The average molecular weight is 403 g/mol. The van der Waals surface area contributed by atoms with E-state index >= 15 is 0 Å².